The Labute approximate surface area is 136 Å². The van der Waals surface area contributed by atoms with Crippen molar-refractivity contribution in [1.29, 1.82) is 0 Å². The van der Waals surface area contributed by atoms with E-state index in [0.717, 1.165) is 26.2 Å². The molecule has 6 heteroatoms. The normalized spacial score (nSPS) is 18.0. The number of ether oxygens (including phenoxy) is 1. The zero-order chi connectivity index (χ0) is 15.4. The third kappa shape index (κ3) is 4.73. The molecule has 1 heterocycles. The number of aliphatic hydroxyl groups excluding tert-OH is 1. The van der Waals surface area contributed by atoms with E-state index in [1.165, 1.54) is 0 Å². The fourth-order valence-corrected chi connectivity index (χ4v) is 2.98. The van der Waals surface area contributed by atoms with Crippen LogP contribution in [0.4, 0.5) is 0 Å². The number of hydrogen-bond donors (Lipinski definition) is 2. The van der Waals surface area contributed by atoms with Crippen molar-refractivity contribution in [2.75, 3.05) is 32.7 Å². The van der Waals surface area contributed by atoms with Crippen LogP contribution < -0.4 is 10.1 Å². The summed E-state index contributed by atoms with van der Waals surface area (Å²) < 4.78 is 5.76. The average Bonchev–Trinajstić information content (AvgIpc) is 2.42. The number of halogens is 2. The summed E-state index contributed by atoms with van der Waals surface area (Å²) in [5, 5.41) is 14.8. The fourth-order valence-electron chi connectivity index (χ4n) is 2.42. The maximum atomic E-state index is 10.6. The van der Waals surface area contributed by atoms with Crippen LogP contribution in [0.5, 0.6) is 5.75 Å². The molecular weight excluding hydrogens is 311 g/mol. The van der Waals surface area contributed by atoms with Gasteiger partial charge in [-0.05, 0) is 26.0 Å². The Balaban J connectivity index is 2.19. The summed E-state index contributed by atoms with van der Waals surface area (Å²) in [5.41, 5.74) is 0.653. The van der Waals surface area contributed by atoms with Crippen molar-refractivity contribution in [3.63, 3.8) is 0 Å². The van der Waals surface area contributed by atoms with E-state index >= 15 is 0 Å². The topological polar surface area (TPSA) is 44.7 Å². The molecule has 0 aromatic heterocycles. The molecule has 0 aliphatic carbocycles. The standard InChI is InChI=1S/C15H22Cl2N2O2/c1-10(2)21-15-12(7-11(16)8-13(15)17)14(20)9-19-5-3-18-4-6-19/h7-8,10,14,18,20H,3-6,9H2,1-2H3. The molecule has 1 aliphatic heterocycles. The lowest BCUT2D eigenvalue weighted by Gasteiger charge is -2.30. The lowest BCUT2D eigenvalue weighted by Crippen LogP contribution is -2.45. The molecule has 0 bridgehead atoms. The Morgan fingerprint density at radius 1 is 1.29 bits per heavy atom. The van der Waals surface area contributed by atoms with Gasteiger partial charge in [0.25, 0.3) is 0 Å². The number of nitrogens with one attached hydrogen (secondary N) is 1. The van der Waals surface area contributed by atoms with Gasteiger partial charge < -0.3 is 15.2 Å². The minimum Gasteiger partial charge on any atom is -0.489 e. The molecule has 2 rings (SSSR count). The first-order chi connectivity index (χ1) is 9.97. The van der Waals surface area contributed by atoms with Gasteiger partial charge in [0.05, 0.1) is 17.2 Å². The predicted molar refractivity (Wildman–Crippen MR) is 86.5 cm³/mol. The minimum absolute atomic E-state index is 0.0196. The number of rotatable bonds is 5. The number of benzene rings is 1. The Kier molecular flexibility index (Phi) is 6.14. The van der Waals surface area contributed by atoms with Crippen molar-refractivity contribution in [2.24, 2.45) is 0 Å². The predicted octanol–water partition coefficient (Wildman–Crippen LogP) is 2.72. The number of β-amino-alcohol motifs (C(OH)–C–C–N with tert-alkyl or cyclic N) is 1. The first-order valence-electron chi connectivity index (χ1n) is 7.24. The van der Waals surface area contributed by atoms with Crippen LogP contribution in [-0.2, 0) is 0 Å². The Morgan fingerprint density at radius 3 is 2.57 bits per heavy atom. The molecule has 0 saturated carbocycles. The summed E-state index contributed by atoms with van der Waals surface area (Å²) in [7, 11) is 0. The quantitative estimate of drug-likeness (QED) is 0.870. The molecule has 1 aromatic rings. The third-order valence-electron chi connectivity index (χ3n) is 3.39. The summed E-state index contributed by atoms with van der Waals surface area (Å²) in [4.78, 5) is 2.22. The largest absolute Gasteiger partial charge is 0.489 e. The third-order valence-corrected chi connectivity index (χ3v) is 3.89. The zero-order valence-electron chi connectivity index (χ0n) is 12.4. The van der Waals surface area contributed by atoms with Gasteiger partial charge in [-0.3, -0.25) is 4.90 Å². The molecule has 0 amide bonds. The van der Waals surface area contributed by atoms with Crippen molar-refractivity contribution in [2.45, 2.75) is 26.1 Å². The van der Waals surface area contributed by atoms with Crippen molar-refractivity contribution in [3.8, 4) is 5.75 Å². The average molecular weight is 333 g/mol. The number of piperazine rings is 1. The SMILES string of the molecule is CC(C)Oc1c(Cl)cc(Cl)cc1C(O)CN1CCNCC1. The summed E-state index contributed by atoms with van der Waals surface area (Å²) in [6.45, 7) is 8.13. The molecule has 4 nitrogen and oxygen atoms in total. The van der Waals surface area contributed by atoms with Crippen LogP contribution in [0.2, 0.25) is 10.0 Å². The van der Waals surface area contributed by atoms with Gasteiger partial charge in [0.15, 0.2) is 0 Å². The Hall–Kier alpha value is -0.520. The van der Waals surface area contributed by atoms with Gasteiger partial charge in [-0.15, -0.1) is 0 Å². The zero-order valence-corrected chi connectivity index (χ0v) is 13.9. The smallest absolute Gasteiger partial charge is 0.144 e. The maximum absolute atomic E-state index is 10.6. The van der Waals surface area contributed by atoms with Crippen LogP contribution in [0.25, 0.3) is 0 Å². The molecule has 1 unspecified atom stereocenters. The van der Waals surface area contributed by atoms with Crippen LogP contribution in [0.15, 0.2) is 12.1 Å². The van der Waals surface area contributed by atoms with E-state index < -0.39 is 6.10 Å². The molecule has 0 radical (unpaired) electrons. The van der Waals surface area contributed by atoms with Crippen LogP contribution in [0.3, 0.4) is 0 Å². The molecule has 1 fully saturated rings. The van der Waals surface area contributed by atoms with Crippen molar-refractivity contribution in [1.82, 2.24) is 10.2 Å². The van der Waals surface area contributed by atoms with E-state index in [4.69, 9.17) is 27.9 Å². The van der Waals surface area contributed by atoms with Gasteiger partial charge in [-0.1, -0.05) is 23.2 Å². The van der Waals surface area contributed by atoms with Gasteiger partial charge in [-0.25, -0.2) is 0 Å². The lowest BCUT2D eigenvalue weighted by atomic mass is 10.1. The van der Waals surface area contributed by atoms with E-state index in [-0.39, 0.29) is 6.10 Å². The maximum Gasteiger partial charge on any atom is 0.144 e. The summed E-state index contributed by atoms with van der Waals surface area (Å²) in [5.74, 6) is 0.527. The Bertz CT molecular complexity index is 477. The van der Waals surface area contributed by atoms with Crippen LogP contribution in [0, 0.1) is 0 Å². The highest BCUT2D eigenvalue weighted by Gasteiger charge is 2.22. The fraction of sp³-hybridized carbons (Fsp3) is 0.600. The summed E-state index contributed by atoms with van der Waals surface area (Å²) in [6, 6.07) is 3.37. The second-order valence-corrected chi connectivity index (χ2v) is 6.38. The molecule has 1 aliphatic rings. The van der Waals surface area contributed by atoms with Crippen molar-refractivity contribution >= 4 is 23.2 Å². The highest BCUT2D eigenvalue weighted by Crippen LogP contribution is 2.37. The second-order valence-electron chi connectivity index (χ2n) is 5.54. The van der Waals surface area contributed by atoms with Crippen LogP contribution in [0.1, 0.15) is 25.5 Å². The first-order valence-corrected chi connectivity index (χ1v) is 7.99. The van der Waals surface area contributed by atoms with Gasteiger partial charge in [0, 0.05) is 43.3 Å². The highest BCUT2D eigenvalue weighted by atomic mass is 35.5. The van der Waals surface area contributed by atoms with E-state index in [2.05, 4.69) is 10.2 Å². The molecule has 118 valence electrons. The summed E-state index contributed by atoms with van der Waals surface area (Å²) >= 11 is 12.3. The molecule has 2 N–H and O–H groups in total. The summed E-state index contributed by atoms with van der Waals surface area (Å²) in [6.07, 6.45) is -0.693. The minimum atomic E-state index is -0.673. The van der Waals surface area contributed by atoms with E-state index in [0.29, 0.717) is 27.9 Å². The van der Waals surface area contributed by atoms with E-state index in [9.17, 15) is 5.11 Å². The van der Waals surface area contributed by atoms with Gasteiger partial charge in [0.1, 0.15) is 5.75 Å². The van der Waals surface area contributed by atoms with Crippen LogP contribution in [-0.4, -0.2) is 48.8 Å². The van der Waals surface area contributed by atoms with Gasteiger partial charge >= 0.3 is 0 Å². The molecule has 1 saturated heterocycles. The molecular formula is C15H22Cl2N2O2. The molecule has 1 atom stereocenters. The highest BCUT2D eigenvalue weighted by molar-refractivity contribution is 6.35. The monoisotopic (exact) mass is 332 g/mol. The number of aliphatic hydroxyl groups is 1. The first kappa shape index (κ1) is 16.8. The molecule has 1 aromatic carbocycles. The van der Waals surface area contributed by atoms with Gasteiger partial charge in [0.2, 0.25) is 0 Å². The number of hydrogen-bond acceptors (Lipinski definition) is 4. The lowest BCUT2D eigenvalue weighted by molar-refractivity contribution is 0.101. The van der Waals surface area contributed by atoms with E-state index in [1.54, 1.807) is 12.1 Å². The number of nitrogens with zero attached hydrogens (tertiary/aromatic N) is 1. The van der Waals surface area contributed by atoms with Gasteiger partial charge in [-0.2, -0.15) is 0 Å². The second kappa shape index (κ2) is 7.65. The van der Waals surface area contributed by atoms with Crippen molar-refractivity contribution < 1.29 is 9.84 Å². The molecule has 0 spiro atoms. The Morgan fingerprint density at radius 2 is 1.95 bits per heavy atom. The van der Waals surface area contributed by atoms with Crippen molar-refractivity contribution in [3.05, 3.63) is 27.7 Å². The van der Waals surface area contributed by atoms with E-state index in [1.807, 2.05) is 13.8 Å². The molecule has 21 heavy (non-hydrogen) atoms. The van der Waals surface area contributed by atoms with Crippen LogP contribution >= 0.6 is 23.2 Å².